The van der Waals surface area contributed by atoms with Crippen molar-refractivity contribution in [2.45, 2.75) is 19.9 Å². The van der Waals surface area contributed by atoms with Crippen LogP contribution < -0.4 is 16.0 Å². The number of anilines is 1. The zero-order valence-electron chi connectivity index (χ0n) is 15.3. The Hall–Kier alpha value is -2.46. The van der Waals surface area contributed by atoms with Gasteiger partial charge in [-0.05, 0) is 49.0 Å². The van der Waals surface area contributed by atoms with Gasteiger partial charge in [-0.3, -0.25) is 9.69 Å². The van der Waals surface area contributed by atoms with Gasteiger partial charge in [-0.2, -0.15) is 0 Å². The Morgan fingerprint density at radius 3 is 2.78 bits per heavy atom. The van der Waals surface area contributed by atoms with E-state index in [2.05, 4.69) is 36.9 Å². The van der Waals surface area contributed by atoms with Crippen molar-refractivity contribution in [2.75, 3.05) is 32.1 Å². The quantitative estimate of drug-likeness (QED) is 0.550. The number of halogens is 1. The van der Waals surface area contributed by atoms with Gasteiger partial charge in [0, 0.05) is 22.9 Å². The third-order valence-corrected chi connectivity index (χ3v) is 4.17. The van der Waals surface area contributed by atoms with Crippen LogP contribution in [0.2, 0.25) is 0 Å². The number of esters is 1. The number of nitrogens with one attached hydrogen (secondary N) is 3. The molecule has 1 aliphatic rings. The minimum absolute atomic E-state index is 0.0506. The summed E-state index contributed by atoms with van der Waals surface area (Å²) in [4.78, 5) is 41.9. The second-order valence-corrected chi connectivity index (χ2v) is 6.93. The molecule has 1 aromatic rings. The van der Waals surface area contributed by atoms with Crippen LogP contribution in [-0.2, 0) is 14.3 Å². The van der Waals surface area contributed by atoms with Crippen LogP contribution in [0.4, 0.5) is 10.6 Å². The molecule has 0 fully saturated rings. The molecule has 1 unspecified atom stereocenters. The van der Waals surface area contributed by atoms with Crippen LogP contribution in [0.3, 0.4) is 0 Å². The maximum absolute atomic E-state index is 12.2. The van der Waals surface area contributed by atoms with Crippen molar-refractivity contribution < 1.29 is 19.1 Å². The van der Waals surface area contributed by atoms with E-state index in [1.54, 1.807) is 44.1 Å². The molecule has 0 saturated heterocycles. The first-order chi connectivity index (χ1) is 12.8. The second-order valence-electron chi connectivity index (χ2n) is 6.01. The molecule has 27 heavy (non-hydrogen) atoms. The number of ether oxygens (including phenoxy) is 1. The summed E-state index contributed by atoms with van der Waals surface area (Å²) in [6.45, 7) is 3.90. The highest BCUT2D eigenvalue weighted by Crippen LogP contribution is 2.15. The minimum Gasteiger partial charge on any atom is -0.463 e. The molecular formula is C17H22BrN5O4. The molecule has 0 radical (unpaired) electrons. The predicted octanol–water partition coefficient (Wildman–Crippen LogP) is 1.23. The monoisotopic (exact) mass is 439 g/mol. The highest BCUT2D eigenvalue weighted by molar-refractivity contribution is 9.10. The number of nitrogens with zero attached hydrogens (tertiary/aromatic N) is 2. The van der Waals surface area contributed by atoms with Gasteiger partial charge in [-0.1, -0.05) is 0 Å². The number of carbonyl (C=O) groups excluding carboxylic acids is 3. The lowest BCUT2D eigenvalue weighted by Gasteiger charge is -2.28. The number of likely N-dealkylation sites (N-methyl/N-ethyl adjacent to an activating group) is 1. The normalized spacial score (nSPS) is 16.6. The highest BCUT2D eigenvalue weighted by atomic mass is 79.9. The fraction of sp³-hybridized carbons (Fsp3) is 0.412. The fourth-order valence-corrected chi connectivity index (χ4v) is 2.84. The molecule has 10 heteroatoms. The van der Waals surface area contributed by atoms with Gasteiger partial charge in [0.15, 0.2) is 0 Å². The Kier molecular flexibility index (Phi) is 7.31. The predicted molar refractivity (Wildman–Crippen MR) is 103 cm³/mol. The van der Waals surface area contributed by atoms with E-state index in [-0.39, 0.29) is 25.6 Å². The van der Waals surface area contributed by atoms with Crippen molar-refractivity contribution in [3.05, 3.63) is 34.1 Å². The van der Waals surface area contributed by atoms with Gasteiger partial charge in [0.1, 0.15) is 5.82 Å². The molecule has 3 N–H and O–H groups in total. The Labute approximate surface area is 165 Å². The van der Waals surface area contributed by atoms with E-state index in [1.165, 1.54) is 0 Å². The maximum Gasteiger partial charge on any atom is 0.337 e. The van der Waals surface area contributed by atoms with Gasteiger partial charge in [0.05, 0.1) is 24.8 Å². The highest BCUT2D eigenvalue weighted by Gasteiger charge is 2.30. The first kappa shape index (κ1) is 20.8. The topological polar surface area (TPSA) is 113 Å². The summed E-state index contributed by atoms with van der Waals surface area (Å²) in [6, 6.07) is 2.57. The molecule has 0 aromatic carbocycles. The zero-order chi connectivity index (χ0) is 20.0. The van der Waals surface area contributed by atoms with Gasteiger partial charge < -0.3 is 20.7 Å². The number of aromatic nitrogens is 1. The molecule has 3 amide bonds. The lowest BCUT2D eigenvalue weighted by Crippen LogP contribution is -2.51. The summed E-state index contributed by atoms with van der Waals surface area (Å²) in [6.07, 6.45) is 1.59. The number of rotatable bonds is 7. The van der Waals surface area contributed by atoms with Gasteiger partial charge in [0.25, 0.3) is 0 Å². The summed E-state index contributed by atoms with van der Waals surface area (Å²) in [5.74, 6) is -0.324. The molecule has 1 aliphatic heterocycles. The van der Waals surface area contributed by atoms with Crippen LogP contribution in [0, 0.1) is 0 Å². The number of pyridine rings is 1. The molecule has 146 valence electrons. The molecule has 0 bridgehead atoms. The maximum atomic E-state index is 12.2. The average Bonchev–Trinajstić information content (AvgIpc) is 2.56. The van der Waals surface area contributed by atoms with Crippen molar-refractivity contribution in [2.24, 2.45) is 0 Å². The van der Waals surface area contributed by atoms with Gasteiger partial charge in [-0.15, -0.1) is 0 Å². The van der Waals surface area contributed by atoms with Crippen LogP contribution in [-0.4, -0.2) is 60.6 Å². The van der Waals surface area contributed by atoms with E-state index in [9.17, 15) is 14.4 Å². The molecule has 0 spiro atoms. The minimum atomic E-state index is -0.496. The van der Waals surface area contributed by atoms with Crippen LogP contribution in [0.25, 0.3) is 0 Å². The standard InChI is InChI=1S/C17H22BrN5O4/c1-4-27-16(25)15-10(2)20-17(26)21-12(15)8-23(3)9-14(24)22-13-6-5-11(18)7-19-13/h5-7,10H,4,8-9H2,1-3H3,(H,19,22,24)(H2,20,21,26). The Balaban J connectivity index is 2.04. The molecule has 0 saturated carbocycles. The van der Waals surface area contributed by atoms with E-state index in [4.69, 9.17) is 4.74 Å². The average molecular weight is 440 g/mol. The van der Waals surface area contributed by atoms with Crippen LogP contribution >= 0.6 is 15.9 Å². The number of amides is 3. The van der Waals surface area contributed by atoms with E-state index < -0.39 is 18.0 Å². The molecule has 2 rings (SSSR count). The second kappa shape index (κ2) is 9.47. The van der Waals surface area contributed by atoms with Crippen molar-refractivity contribution in [3.63, 3.8) is 0 Å². The Morgan fingerprint density at radius 1 is 1.41 bits per heavy atom. The number of urea groups is 1. The summed E-state index contributed by atoms with van der Waals surface area (Å²) < 4.78 is 5.88. The third kappa shape index (κ3) is 6.04. The first-order valence-electron chi connectivity index (χ1n) is 8.37. The van der Waals surface area contributed by atoms with Crippen LogP contribution in [0.15, 0.2) is 34.1 Å². The number of carbonyl (C=O) groups is 3. The first-order valence-corrected chi connectivity index (χ1v) is 9.17. The zero-order valence-corrected chi connectivity index (χ0v) is 16.9. The SMILES string of the molecule is CCOC(=O)C1=C(CN(C)CC(=O)Nc2ccc(Br)cn2)NC(=O)NC1C. The van der Waals surface area contributed by atoms with Crippen molar-refractivity contribution in [1.29, 1.82) is 0 Å². The van der Waals surface area contributed by atoms with E-state index in [1.807, 2.05) is 0 Å². The number of hydrogen-bond donors (Lipinski definition) is 3. The summed E-state index contributed by atoms with van der Waals surface area (Å²) in [5.41, 5.74) is 0.764. The smallest absolute Gasteiger partial charge is 0.337 e. The van der Waals surface area contributed by atoms with Crippen molar-refractivity contribution >= 4 is 39.7 Å². The fourth-order valence-electron chi connectivity index (χ4n) is 2.61. The lowest BCUT2D eigenvalue weighted by atomic mass is 10.0. The molecule has 1 atom stereocenters. The molecule has 1 aromatic heterocycles. The summed E-state index contributed by atoms with van der Waals surface area (Å²) in [5, 5.41) is 7.95. The van der Waals surface area contributed by atoms with Crippen LogP contribution in [0.1, 0.15) is 13.8 Å². The Bertz CT molecular complexity index is 750. The van der Waals surface area contributed by atoms with E-state index in [0.29, 0.717) is 17.1 Å². The van der Waals surface area contributed by atoms with E-state index >= 15 is 0 Å². The van der Waals surface area contributed by atoms with Gasteiger partial charge >= 0.3 is 12.0 Å². The third-order valence-electron chi connectivity index (χ3n) is 3.70. The largest absolute Gasteiger partial charge is 0.463 e. The van der Waals surface area contributed by atoms with Gasteiger partial charge in [-0.25, -0.2) is 14.6 Å². The van der Waals surface area contributed by atoms with Crippen molar-refractivity contribution in [3.8, 4) is 0 Å². The van der Waals surface area contributed by atoms with E-state index in [0.717, 1.165) is 4.47 Å². The molecule has 0 aliphatic carbocycles. The molecular weight excluding hydrogens is 418 g/mol. The van der Waals surface area contributed by atoms with Crippen molar-refractivity contribution in [1.82, 2.24) is 20.5 Å². The summed E-state index contributed by atoms with van der Waals surface area (Å²) in [7, 11) is 1.71. The summed E-state index contributed by atoms with van der Waals surface area (Å²) >= 11 is 3.28. The Morgan fingerprint density at radius 2 is 2.15 bits per heavy atom. The van der Waals surface area contributed by atoms with Crippen LogP contribution in [0.5, 0.6) is 0 Å². The lowest BCUT2D eigenvalue weighted by molar-refractivity contribution is -0.139. The molecule has 9 nitrogen and oxygen atoms in total. The van der Waals surface area contributed by atoms with Gasteiger partial charge in [0.2, 0.25) is 5.91 Å². The molecule has 2 heterocycles. The number of hydrogen-bond acceptors (Lipinski definition) is 6.